The Labute approximate surface area is 124 Å². The Morgan fingerprint density at radius 1 is 1.32 bits per heavy atom. The summed E-state index contributed by atoms with van der Waals surface area (Å²) in [6.07, 6.45) is 7.52. The summed E-state index contributed by atoms with van der Waals surface area (Å²) in [7, 11) is 0. The molecule has 2 aliphatic rings. The van der Waals surface area contributed by atoms with Gasteiger partial charge in [0, 0.05) is 22.5 Å². The lowest BCUT2D eigenvalue weighted by molar-refractivity contribution is -0.00249. The average Bonchev–Trinajstić information content (AvgIpc) is 2.39. The maximum Gasteiger partial charge on any atom is 0.126 e. The van der Waals surface area contributed by atoms with Crippen LogP contribution in [0.3, 0.4) is 0 Å². The van der Waals surface area contributed by atoms with Gasteiger partial charge < -0.3 is 10.1 Å². The number of fused-ring (bicyclic) bond motifs is 1. The summed E-state index contributed by atoms with van der Waals surface area (Å²) in [4.78, 5) is 0. The maximum absolute atomic E-state index is 6.45. The predicted octanol–water partition coefficient (Wildman–Crippen LogP) is 4.59. The number of rotatable bonds is 2. The Balaban J connectivity index is 1.94. The third-order valence-corrected chi connectivity index (χ3v) is 4.96. The molecule has 1 aliphatic carbocycles. The first kappa shape index (κ1) is 13.4. The highest BCUT2D eigenvalue weighted by Gasteiger charge is 2.41. The van der Waals surface area contributed by atoms with E-state index in [4.69, 9.17) is 4.74 Å². The molecule has 0 aromatic heterocycles. The van der Waals surface area contributed by atoms with Gasteiger partial charge in [-0.15, -0.1) is 0 Å². The van der Waals surface area contributed by atoms with Gasteiger partial charge in [-0.2, -0.15) is 0 Å². The molecule has 1 spiro atoms. The second-order valence-corrected chi connectivity index (χ2v) is 6.76. The summed E-state index contributed by atoms with van der Waals surface area (Å²) >= 11 is 3.56. The van der Waals surface area contributed by atoms with Crippen LogP contribution in [0, 0.1) is 0 Å². The minimum Gasteiger partial charge on any atom is -0.487 e. The largest absolute Gasteiger partial charge is 0.487 e. The first-order valence-electron chi connectivity index (χ1n) is 7.44. The molecule has 19 heavy (non-hydrogen) atoms. The lowest BCUT2D eigenvalue weighted by Crippen LogP contribution is -2.45. The normalized spacial score (nSPS) is 24.8. The van der Waals surface area contributed by atoms with Gasteiger partial charge in [-0.3, -0.25) is 0 Å². The van der Waals surface area contributed by atoms with Crippen LogP contribution in [0.4, 0.5) is 0 Å². The molecule has 0 saturated heterocycles. The number of halogens is 1. The van der Waals surface area contributed by atoms with Crippen LogP contribution in [0.5, 0.6) is 5.75 Å². The van der Waals surface area contributed by atoms with Crippen LogP contribution in [0.1, 0.15) is 57.1 Å². The summed E-state index contributed by atoms with van der Waals surface area (Å²) < 4.78 is 7.55. The number of hydrogen-bond donors (Lipinski definition) is 1. The van der Waals surface area contributed by atoms with Crippen molar-refractivity contribution in [3.63, 3.8) is 0 Å². The van der Waals surface area contributed by atoms with Crippen molar-refractivity contribution in [3.05, 3.63) is 28.2 Å². The molecular weight excluding hydrogens is 302 g/mol. The van der Waals surface area contributed by atoms with Gasteiger partial charge in [0.1, 0.15) is 11.4 Å². The zero-order chi connectivity index (χ0) is 13.3. The molecule has 0 amide bonds. The first-order chi connectivity index (χ1) is 9.22. The van der Waals surface area contributed by atoms with E-state index in [2.05, 4.69) is 46.4 Å². The molecule has 104 valence electrons. The number of ether oxygens (including phenoxy) is 1. The van der Waals surface area contributed by atoms with Crippen LogP contribution >= 0.6 is 15.9 Å². The topological polar surface area (TPSA) is 21.3 Å². The lowest BCUT2D eigenvalue weighted by Gasteiger charge is -2.44. The van der Waals surface area contributed by atoms with Crippen LogP contribution in [0.2, 0.25) is 0 Å². The molecule has 1 fully saturated rings. The van der Waals surface area contributed by atoms with Crippen molar-refractivity contribution < 1.29 is 4.74 Å². The molecular formula is C16H22BrNO. The zero-order valence-corrected chi connectivity index (χ0v) is 13.1. The van der Waals surface area contributed by atoms with Crippen LogP contribution < -0.4 is 10.1 Å². The smallest absolute Gasteiger partial charge is 0.126 e. The van der Waals surface area contributed by atoms with E-state index >= 15 is 0 Å². The van der Waals surface area contributed by atoms with Crippen LogP contribution in [-0.2, 0) is 0 Å². The molecule has 3 rings (SSSR count). The van der Waals surface area contributed by atoms with E-state index in [9.17, 15) is 0 Å². The molecule has 1 aromatic rings. The molecule has 1 aliphatic heterocycles. The molecule has 1 atom stereocenters. The third-order valence-electron chi connectivity index (χ3n) is 4.47. The van der Waals surface area contributed by atoms with E-state index in [0.717, 1.165) is 23.2 Å². The van der Waals surface area contributed by atoms with Crippen molar-refractivity contribution >= 4 is 15.9 Å². The van der Waals surface area contributed by atoms with Gasteiger partial charge in [0.15, 0.2) is 0 Å². The van der Waals surface area contributed by atoms with Crippen molar-refractivity contribution in [1.29, 1.82) is 0 Å². The molecule has 1 heterocycles. The fourth-order valence-corrected chi connectivity index (χ4v) is 3.91. The van der Waals surface area contributed by atoms with Crippen LogP contribution in [0.15, 0.2) is 22.7 Å². The minimum absolute atomic E-state index is 0.0822. The molecule has 3 heteroatoms. The Morgan fingerprint density at radius 2 is 2.11 bits per heavy atom. The van der Waals surface area contributed by atoms with Gasteiger partial charge in [0.25, 0.3) is 0 Å². The summed E-state index contributed by atoms with van der Waals surface area (Å²) in [5, 5.41) is 3.64. The standard InChI is InChI=1S/C16H22BrNO/c1-2-18-14-11-16(8-4-3-5-9-16)19-15-10-12(17)6-7-13(14)15/h6-7,10,14,18H,2-5,8-9,11H2,1H3. The second kappa shape index (κ2) is 5.45. The molecule has 1 aromatic carbocycles. The zero-order valence-electron chi connectivity index (χ0n) is 11.5. The van der Waals surface area contributed by atoms with Gasteiger partial charge in [-0.1, -0.05) is 35.3 Å². The van der Waals surface area contributed by atoms with Gasteiger partial charge in [0.2, 0.25) is 0 Å². The Kier molecular flexibility index (Phi) is 3.86. The number of nitrogens with one attached hydrogen (secondary N) is 1. The van der Waals surface area contributed by atoms with Crippen molar-refractivity contribution in [2.45, 2.75) is 57.1 Å². The van der Waals surface area contributed by atoms with Gasteiger partial charge >= 0.3 is 0 Å². The molecule has 0 bridgehead atoms. The molecule has 2 nitrogen and oxygen atoms in total. The van der Waals surface area contributed by atoms with E-state index in [1.165, 1.54) is 37.7 Å². The molecule has 1 saturated carbocycles. The summed E-state index contributed by atoms with van der Waals surface area (Å²) in [6.45, 7) is 3.19. The Morgan fingerprint density at radius 3 is 2.84 bits per heavy atom. The van der Waals surface area contributed by atoms with E-state index in [1.807, 2.05) is 0 Å². The highest BCUT2D eigenvalue weighted by molar-refractivity contribution is 9.10. The monoisotopic (exact) mass is 323 g/mol. The quantitative estimate of drug-likeness (QED) is 0.859. The van der Waals surface area contributed by atoms with E-state index in [0.29, 0.717) is 6.04 Å². The van der Waals surface area contributed by atoms with Crippen molar-refractivity contribution in [3.8, 4) is 5.75 Å². The van der Waals surface area contributed by atoms with Gasteiger partial charge in [-0.05, 0) is 44.4 Å². The van der Waals surface area contributed by atoms with Crippen LogP contribution in [-0.4, -0.2) is 12.1 Å². The average molecular weight is 324 g/mol. The van der Waals surface area contributed by atoms with Gasteiger partial charge in [-0.25, -0.2) is 0 Å². The summed E-state index contributed by atoms with van der Waals surface area (Å²) in [6, 6.07) is 6.89. The second-order valence-electron chi connectivity index (χ2n) is 5.84. The number of benzene rings is 1. The molecule has 0 radical (unpaired) electrons. The molecule has 1 N–H and O–H groups in total. The van der Waals surface area contributed by atoms with E-state index < -0.39 is 0 Å². The van der Waals surface area contributed by atoms with Crippen molar-refractivity contribution in [2.24, 2.45) is 0 Å². The Bertz CT molecular complexity index is 454. The molecule has 1 unspecified atom stereocenters. The van der Waals surface area contributed by atoms with E-state index in [1.54, 1.807) is 0 Å². The van der Waals surface area contributed by atoms with Gasteiger partial charge in [0.05, 0.1) is 0 Å². The summed E-state index contributed by atoms with van der Waals surface area (Å²) in [5.74, 6) is 1.08. The predicted molar refractivity (Wildman–Crippen MR) is 81.6 cm³/mol. The summed E-state index contributed by atoms with van der Waals surface area (Å²) in [5.41, 5.74) is 1.40. The van der Waals surface area contributed by atoms with Crippen LogP contribution in [0.25, 0.3) is 0 Å². The number of hydrogen-bond acceptors (Lipinski definition) is 2. The fourth-order valence-electron chi connectivity index (χ4n) is 3.57. The fraction of sp³-hybridized carbons (Fsp3) is 0.625. The van der Waals surface area contributed by atoms with Crippen molar-refractivity contribution in [1.82, 2.24) is 5.32 Å². The lowest BCUT2D eigenvalue weighted by atomic mass is 9.77. The van der Waals surface area contributed by atoms with Crippen molar-refractivity contribution in [2.75, 3.05) is 6.54 Å². The minimum atomic E-state index is 0.0822. The SMILES string of the molecule is CCNC1CC2(CCCCC2)Oc2cc(Br)ccc21. The first-order valence-corrected chi connectivity index (χ1v) is 8.24. The maximum atomic E-state index is 6.45. The Hall–Kier alpha value is -0.540. The highest BCUT2D eigenvalue weighted by atomic mass is 79.9. The highest BCUT2D eigenvalue weighted by Crippen LogP contribution is 2.46. The third kappa shape index (κ3) is 2.68. The van der Waals surface area contributed by atoms with E-state index in [-0.39, 0.29) is 5.60 Å².